The van der Waals surface area contributed by atoms with Gasteiger partial charge in [-0.05, 0) is 44.9 Å². The van der Waals surface area contributed by atoms with E-state index in [9.17, 15) is 14.4 Å². The predicted molar refractivity (Wildman–Crippen MR) is 73.5 cm³/mol. The molecule has 0 aromatic carbocycles. The number of piperidine rings is 1. The Kier molecular flexibility index (Phi) is 4.29. The Balaban J connectivity index is 2.03. The zero-order valence-electron chi connectivity index (χ0n) is 11.3. The standard InChI is InChI=1S/C13H18N2O3S/c1-9(2)11-12(17)15(13(18)19-11)8-10(16)14-6-4-3-5-7-14/h3-8H2,1-2H3. The van der Waals surface area contributed by atoms with Gasteiger partial charge in [-0.15, -0.1) is 0 Å². The van der Waals surface area contributed by atoms with Crippen molar-refractivity contribution in [3.05, 3.63) is 10.5 Å². The minimum atomic E-state index is -0.341. The third-order valence-corrected chi connectivity index (χ3v) is 4.49. The number of carbonyl (C=O) groups is 3. The van der Waals surface area contributed by atoms with Crippen LogP contribution < -0.4 is 0 Å². The van der Waals surface area contributed by atoms with Crippen LogP contribution in [0.2, 0.25) is 0 Å². The molecule has 0 bridgehead atoms. The summed E-state index contributed by atoms with van der Waals surface area (Å²) in [6, 6.07) is 0. The second kappa shape index (κ2) is 5.77. The summed E-state index contributed by atoms with van der Waals surface area (Å²) in [6.07, 6.45) is 3.15. The normalized spacial score (nSPS) is 20.2. The predicted octanol–water partition coefficient (Wildman–Crippen LogP) is 1.99. The summed E-state index contributed by atoms with van der Waals surface area (Å²) in [7, 11) is 0. The summed E-state index contributed by atoms with van der Waals surface area (Å²) in [5.41, 5.74) is 0.816. The highest BCUT2D eigenvalue weighted by Gasteiger charge is 2.37. The number of imide groups is 1. The number of rotatable bonds is 2. The van der Waals surface area contributed by atoms with E-state index in [-0.39, 0.29) is 23.6 Å². The van der Waals surface area contributed by atoms with Crippen molar-refractivity contribution in [1.82, 2.24) is 9.80 Å². The van der Waals surface area contributed by atoms with Gasteiger partial charge in [-0.1, -0.05) is 5.57 Å². The van der Waals surface area contributed by atoms with Gasteiger partial charge >= 0.3 is 0 Å². The molecule has 2 saturated heterocycles. The topological polar surface area (TPSA) is 57.7 Å². The molecule has 2 aliphatic rings. The second-order valence-electron chi connectivity index (χ2n) is 5.03. The van der Waals surface area contributed by atoms with Crippen molar-refractivity contribution >= 4 is 28.8 Å². The SMILES string of the molecule is CC(C)=C1SC(=O)N(CC(=O)N2CCCCC2)C1=O. The first-order valence-corrected chi connectivity index (χ1v) is 7.31. The van der Waals surface area contributed by atoms with Crippen LogP contribution in [0.15, 0.2) is 10.5 Å². The fourth-order valence-electron chi connectivity index (χ4n) is 2.22. The molecule has 2 aliphatic heterocycles. The molecule has 6 heteroatoms. The molecule has 104 valence electrons. The van der Waals surface area contributed by atoms with Gasteiger partial charge in [0, 0.05) is 13.1 Å². The van der Waals surface area contributed by atoms with Crippen molar-refractivity contribution in [2.45, 2.75) is 33.1 Å². The van der Waals surface area contributed by atoms with Crippen LogP contribution >= 0.6 is 11.8 Å². The number of hydrogen-bond donors (Lipinski definition) is 0. The van der Waals surface area contributed by atoms with E-state index < -0.39 is 0 Å². The van der Waals surface area contributed by atoms with Crippen LogP contribution in [0.25, 0.3) is 0 Å². The van der Waals surface area contributed by atoms with Crippen molar-refractivity contribution in [2.75, 3.05) is 19.6 Å². The summed E-state index contributed by atoms with van der Waals surface area (Å²) in [4.78, 5) is 39.1. The molecule has 0 atom stereocenters. The van der Waals surface area contributed by atoms with E-state index in [1.54, 1.807) is 18.7 Å². The molecule has 0 aromatic rings. The molecule has 0 N–H and O–H groups in total. The number of nitrogens with zero attached hydrogens (tertiary/aromatic N) is 2. The molecule has 2 rings (SSSR count). The maximum atomic E-state index is 12.1. The maximum Gasteiger partial charge on any atom is 0.294 e. The number of allylic oxidation sites excluding steroid dienone is 1. The van der Waals surface area contributed by atoms with E-state index in [2.05, 4.69) is 0 Å². The van der Waals surface area contributed by atoms with Gasteiger partial charge in [0.1, 0.15) is 6.54 Å². The van der Waals surface area contributed by atoms with Crippen molar-refractivity contribution in [3.63, 3.8) is 0 Å². The Bertz CT molecular complexity index is 449. The molecule has 0 unspecified atom stereocenters. The van der Waals surface area contributed by atoms with Crippen LogP contribution in [0, 0.1) is 0 Å². The van der Waals surface area contributed by atoms with E-state index in [0.29, 0.717) is 4.91 Å². The quantitative estimate of drug-likeness (QED) is 0.727. The van der Waals surface area contributed by atoms with E-state index >= 15 is 0 Å². The molecular formula is C13H18N2O3S. The van der Waals surface area contributed by atoms with Gasteiger partial charge in [0.15, 0.2) is 0 Å². The van der Waals surface area contributed by atoms with Crippen LogP contribution in [0.3, 0.4) is 0 Å². The van der Waals surface area contributed by atoms with E-state index in [4.69, 9.17) is 0 Å². The smallest absolute Gasteiger partial charge is 0.294 e. The van der Waals surface area contributed by atoms with Crippen LogP contribution in [0.5, 0.6) is 0 Å². The molecular weight excluding hydrogens is 264 g/mol. The third-order valence-electron chi connectivity index (χ3n) is 3.31. The lowest BCUT2D eigenvalue weighted by Gasteiger charge is -2.27. The summed E-state index contributed by atoms with van der Waals surface area (Å²) < 4.78 is 0. The summed E-state index contributed by atoms with van der Waals surface area (Å²) in [5.74, 6) is -0.461. The largest absolute Gasteiger partial charge is 0.341 e. The molecule has 0 radical (unpaired) electrons. The Morgan fingerprint density at radius 3 is 2.32 bits per heavy atom. The highest BCUT2D eigenvalue weighted by atomic mass is 32.2. The molecule has 0 spiro atoms. The van der Waals surface area contributed by atoms with Crippen LogP contribution in [-0.4, -0.2) is 46.5 Å². The van der Waals surface area contributed by atoms with E-state index in [1.807, 2.05) is 0 Å². The van der Waals surface area contributed by atoms with Gasteiger partial charge in [0.2, 0.25) is 5.91 Å². The van der Waals surface area contributed by atoms with Crippen LogP contribution in [0.4, 0.5) is 4.79 Å². The van der Waals surface area contributed by atoms with Crippen LogP contribution in [-0.2, 0) is 9.59 Å². The molecule has 0 saturated carbocycles. The first-order valence-electron chi connectivity index (χ1n) is 6.49. The number of amides is 3. The monoisotopic (exact) mass is 282 g/mol. The lowest BCUT2D eigenvalue weighted by molar-refractivity contribution is -0.136. The Morgan fingerprint density at radius 2 is 1.79 bits per heavy atom. The minimum absolute atomic E-state index is 0.124. The highest BCUT2D eigenvalue weighted by molar-refractivity contribution is 8.18. The molecule has 19 heavy (non-hydrogen) atoms. The first kappa shape index (κ1) is 14.1. The van der Waals surface area contributed by atoms with Gasteiger partial charge in [0.25, 0.3) is 11.1 Å². The molecule has 2 fully saturated rings. The molecule has 3 amide bonds. The Hall–Kier alpha value is -1.30. The fraction of sp³-hybridized carbons (Fsp3) is 0.615. The average molecular weight is 282 g/mol. The number of likely N-dealkylation sites (tertiary alicyclic amines) is 1. The molecule has 2 heterocycles. The Morgan fingerprint density at radius 1 is 1.16 bits per heavy atom. The molecule has 5 nitrogen and oxygen atoms in total. The zero-order valence-corrected chi connectivity index (χ0v) is 12.1. The van der Waals surface area contributed by atoms with E-state index in [0.717, 1.165) is 54.6 Å². The van der Waals surface area contributed by atoms with Gasteiger partial charge < -0.3 is 4.90 Å². The lowest BCUT2D eigenvalue weighted by atomic mass is 10.1. The van der Waals surface area contributed by atoms with Gasteiger partial charge in [0.05, 0.1) is 4.91 Å². The highest BCUT2D eigenvalue weighted by Crippen LogP contribution is 2.32. The summed E-state index contributed by atoms with van der Waals surface area (Å²) >= 11 is 0.925. The number of hydrogen-bond acceptors (Lipinski definition) is 4. The zero-order chi connectivity index (χ0) is 14.0. The first-order chi connectivity index (χ1) is 9.00. The van der Waals surface area contributed by atoms with E-state index in [1.165, 1.54) is 0 Å². The average Bonchev–Trinajstić information content (AvgIpc) is 2.68. The van der Waals surface area contributed by atoms with Gasteiger partial charge in [-0.2, -0.15) is 0 Å². The van der Waals surface area contributed by atoms with Crippen molar-refractivity contribution in [3.8, 4) is 0 Å². The van der Waals surface area contributed by atoms with Gasteiger partial charge in [-0.3, -0.25) is 19.3 Å². The molecule has 0 aliphatic carbocycles. The summed E-state index contributed by atoms with van der Waals surface area (Å²) in [5, 5.41) is -0.341. The number of thioether (sulfide) groups is 1. The van der Waals surface area contributed by atoms with Crippen molar-refractivity contribution in [2.24, 2.45) is 0 Å². The minimum Gasteiger partial charge on any atom is -0.341 e. The lowest BCUT2D eigenvalue weighted by Crippen LogP contribution is -2.44. The number of carbonyl (C=O) groups excluding carboxylic acids is 3. The summed E-state index contributed by atoms with van der Waals surface area (Å²) in [6.45, 7) is 4.93. The van der Waals surface area contributed by atoms with Gasteiger partial charge in [-0.25, -0.2) is 0 Å². The fourth-order valence-corrected chi connectivity index (χ4v) is 3.06. The maximum absolute atomic E-state index is 12.1. The third kappa shape index (κ3) is 3.00. The second-order valence-corrected chi connectivity index (χ2v) is 5.99. The Labute approximate surface area is 117 Å². The molecule has 0 aromatic heterocycles. The van der Waals surface area contributed by atoms with Crippen molar-refractivity contribution < 1.29 is 14.4 Å². The van der Waals surface area contributed by atoms with Crippen LogP contribution in [0.1, 0.15) is 33.1 Å². The van der Waals surface area contributed by atoms with Crippen molar-refractivity contribution in [1.29, 1.82) is 0 Å².